The minimum atomic E-state index is 0.163. The van der Waals surface area contributed by atoms with Crippen LogP contribution in [0.5, 0.6) is 0 Å². The fraction of sp³-hybridized carbons (Fsp3) is 0.429. The Kier molecular flexibility index (Phi) is 2.66. The number of aromatic nitrogens is 3. The van der Waals surface area contributed by atoms with Crippen LogP contribution in [-0.2, 0) is 6.42 Å². The molecule has 0 aromatic carbocycles. The lowest BCUT2D eigenvalue weighted by Gasteiger charge is -1.94. The van der Waals surface area contributed by atoms with Gasteiger partial charge in [0.1, 0.15) is 0 Å². The Labute approximate surface area is 64.7 Å². The fourth-order valence-corrected chi connectivity index (χ4v) is 0.780. The molecule has 0 aliphatic rings. The SMILES string of the molecule is CCCc1cnnc(C=O)n1. The van der Waals surface area contributed by atoms with E-state index in [1.165, 1.54) is 0 Å². The summed E-state index contributed by atoms with van der Waals surface area (Å²) in [5.41, 5.74) is 0.824. The predicted octanol–water partition coefficient (Wildman–Crippen LogP) is 0.637. The van der Waals surface area contributed by atoms with Crippen LogP contribution in [0, 0.1) is 0 Å². The molecule has 58 valence electrons. The third kappa shape index (κ3) is 2.07. The van der Waals surface area contributed by atoms with E-state index in [1.807, 2.05) is 6.92 Å². The minimum Gasteiger partial charge on any atom is -0.294 e. The molecule has 0 saturated heterocycles. The molecule has 1 aromatic heterocycles. The molecule has 0 spiro atoms. The zero-order valence-electron chi connectivity index (χ0n) is 6.32. The van der Waals surface area contributed by atoms with Gasteiger partial charge in [-0.15, -0.1) is 5.10 Å². The van der Waals surface area contributed by atoms with Gasteiger partial charge in [0.2, 0.25) is 5.82 Å². The highest BCUT2D eigenvalue weighted by Gasteiger charge is 1.96. The second-order valence-electron chi connectivity index (χ2n) is 2.17. The Morgan fingerprint density at radius 1 is 1.64 bits per heavy atom. The number of hydrogen-bond acceptors (Lipinski definition) is 4. The number of nitrogens with zero attached hydrogens (tertiary/aromatic N) is 3. The second kappa shape index (κ2) is 3.75. The van der Waals surface area contributed by atoms with E-state index in [1.54, 1.807) is 6.20 Å². The third-order valence-corrected chi connectivity index (χ3v) is 1.24. The molecule has 0 aliphatic carbocycles. The molecule has 0 unspecified atom stereocenters. The number of carbonyl (C=O) groups is 1. The van der Waals surface area contributed by atoms with Gasteiger partial charge in [0.25, 0.3) is 0 Å². The second-order valence-corrected chi connectivity index (χ2v) is 2.17. The van der Waals surface area contributed by atoms with Crippen LogP contribution in [0.2, 0.25) is 0 Å². The zero-order chi connectivity index (χ0) is 8.10. The molecule has 0 N–H and O–H groups in total. The van der Waals surface area contributed by atoms with Crippen molar-refractivity contribution in [1.29, 1.82) is 0 Å². The average molecular weight is 151 g/mol. The van der Waals surface area contributed by atoms with Gasteiger partial charge < -0.3 is 0 Å². The van der Waals surface area contributed by atoms with E-state index in [2.05, 4.69) is 15.2 Å². The lowest BCUT2D eigenvalue weighted by molar-refractivity contribution is 0.111. The Bertz CT molecular complexity index is 249. The van der Waals surface area contributed by atoms with Crippen molar-refractivity contribution in [2.24, 2.45) is 0 Å². The first kappa shape index (κ1) is 7.78. The Balaban J connectivity index is 2.82. The topological polar surface area (TPSA) is 55.7 Å². The Morgan fingerprint density at radius 3 is 3.09 bits per heavy atom. The molecule has 0 fully saturated rings. The Hall–Kier alpha value is -1.32. The molecule has 1 rings (SSSR count). The summed E-state index contributed by atoms with van der Waals surface area (Å²) in [6.45, 7) is 2.04. The first-order valence-electron chi connectivity index (χ1n) is 3.50. The average Bonchev–Trinajstić information content (AvgIpc) is 2.06. The molecule has 0 aliphatic heterocycles. The molecule has 0 saturated carbocycles. The van der Waals surface area contributed by atoms with Crippen LogP contribution in [0.1, 0.15) is 29.7 Å². The standard InChI is InChI=1S/C7H9N3O/c1-2-3-6-4-8-10-7(5-11)9-6/h4-5H,2-3H2,1H3. The van der Waals surface area contributed by atoms with Crippen LogP contribution >= 0.6 is 0 Å². The zero-order valence-corrected chi connectivity index (χ0v) is 6.32. The van der Waals surface area contributed by atoms with E-state index in [0.29, 0.717) is 6.29 Å². The number of rotatable bonds is 3. The normalized spacial score (nSPS) is 9.55. The predicted molar refractivity (Wildman–Crippen MR) is 39.2 cm³/mol. The van der Waals surface area contributed by atoms with Crippen molar-refractivity contribution in [3.63, 3.8) is 0 Å². The van der Waals surface area contributed by atoms with Crippen molar-refractivity contribution in [2.75, 3.05) is 0 Å². The summed E-state index contributed by atoms with van der Waals surface area (Å²) in [6, 6.07) is 0. The molecular weight excluding hydrogens is 142 g/mol. The van der Waals surface area contributed by atoms with Crippen molar-refractivity contribution >= 4 is 6.29 Å². The fourth-order valence-electron chi connectivity index (χ4n) is 0.780. The van der Waals surface area contributed by atoms with Gasteiger partial charge in [-0.25, -0.2) is 4.98 Å². The van der Waals surface area contributed by atoms with Crippen LogP contribution in [0.25, 0.3) is 0 Å². The summed E-state index contributed by atoms with van der Waals surface area (Å²) in [5.74, 6) is 0.163. The molecule has 4 heteroatoms. The maximum absolute atomic E-state index is 10.2. The number of aldehydes is 1. The summed E-state index contributed by atoms with van der Waals surface area (Å²) in [5, 5.41) is 7.14. The largest absolute Gasteiger partial charge is 0.294 e. The first-order valence-corrected chi connectivity index (χ1v) is 3.50. The van der Waals surface area contributed by atoms with Gasteiger partial charge in [-0.1, -0.05) is 13.3 Å². The molecule has 4 nitrogen and oxygen atoms in total. The van der Waals surface area contributed by atoms with E-state index >= 15 is 0 Å². The van der Waals surface area contributed by atoms with E-state index in [-0.39, 0.29) is 5.82 Å². The van der Waals surface area contributed by atoms with E-state index in [9.17, 15) is 4.79 Å². The highest BCUT2D eigenvalue weighted by molar-refractivity contribution is 5.68. The van der Waals surface area contributed by atoms with E-state index < -0.39 is 0 Å². The van der Waals surface area contributed by atoms with Crippen molar-refractivity contribution in [2.45, 2.75) is 19.8 Å². The van der Waals surface area contributed by atoms with Crippen LogP contribution in [0.3, 0.4) is 0 Å². The number of carbonyl (C=O) groups excluding carboxylic acids is 1. The lowest BCUT2D eigenvalue weighted by Crippen LogP contribution is -1.99. The van der Waals surface area contributed by atoms with Crippen LogP contribution in [-0.4, -0.2) is 21.5 Å². The smallest absolute Gasteiger partial charge is 0.214 e. The van der Waals surface area contributed by atoms with Crippen molar-refractivity contribution < 1.29 is 4.79 Å². The first-order chi connectivity index (χ1) is 5.36. The summed E-state index contributed by atoms with van der Waals surface area (Å²) in [4.78, 5) is 14.1. The van der Waals surface area contributed by atoms with Crippen LogP contribution < -0.4 is 0 Å². The van der Waals surface area contributed by atoms with Crippen LogP contribution in [0.15, 0.2) is 6.20 Å². The molecular formula is C7H9N3O. The molecule has 1 heterocycles. The molecule has 0 radical (unpaired) electrons. The van der Waals surface area contributed by atoms with Gasteiger partial charge in [0.05, 0.1) is 11.9 Å². The van der Waals surface area contributed by atoms with Crippen LogP contribution in [0.4, 0.5) is 0 Å². The van der Waals surface area contributed by atoms with Crippen molar-refractivity contribution in [3.05, 3.63) is 17.7 Å². The molecule has 0 bridgehead atoms. The maximum Gasteiger partial charge on any atom is 0.214 e. The van der Waals surface area contributed by atoms with Gasteiger partial charge >= 0.3 is 0 Å². The van der Waals surface area contributed by atoms with Gasteiger partial charge in [-0.3, -0.25) is 4.79 Å². The molecule has 0 amide bonds. The summed E-state index contributed by atoms with van der Waals surface area (Å²) in [7, 11) is 0. The summed E-state index contributed by atoms with van der Waals surface area (Å²) < 4.78 is 0. The van der Waals surface area contributed by atoms with Gasteiger partial charge in [0.15, 0.2) is 6.29 Å². The third-order valence-electron chi connectivity index (χ3n) is 1.24. The Morgan fingerprint density at radius 2 is 2.45 bits per heavy atom. The number of hydrogen-bond donors (Lipinski definition) is 0. The molecule has 11 heavy (non-hydrogen) atoms. The highest BCUT2D eigenvalue weighted by Crippen LogP contribution is 1.95. The van der Waals surface area contributed by atoms with Crippen molar-refractivity contribution in [1.82, 2.24) is 15.2 Å². The summed E-state index contributed by atoms with van der Waals surface area (Å²) in [6.07, 6.45) is 4.02. The molecule has 0 atom stereocenters. The minimum absolute atomic E-state index is 0.163. The van der Waals surface area contributed by atoms with Gasteiger partial charge in [-0.2, -0.15) is 5.10 Å². The molecule has 1 aromatic rings. The lowest BCUT2D eigenvalue weighted by atomic mass is 10.3. The van der Waals surface area contributed by atoms with E-state index in [0.717, 1.165) is 18.5 Å². The quantitative estimate of drug-likeness (QED) is 0.595. The van der Waals surface area contributed by atoms with Crippen molar-refractivity contribution in [3.8, 4) is 0 Å². The highest BCUT2D eigenvalue weighted by atomic mass is 16.1. The van der Waals surface area contributed by atoms with Gasteiger partial charge in [-0.05, 0) is 6.42 Å². The number of aryl methyl sites for hydroxylation is 1. The monoisotopic (exact) mass is 151 g/mol. The summed E-state index contributed by atoms with van der Waals surface area (Å²) >= 11 is 0. The van der Waals surface area contributed by atoms with Gasteiger partial charge in [0, 0.05) is 0 Å². The van der Waals surface area contributed by atoms with E-state index in [4.69, 9.17) is 0 Å². The maximum atomic E-state index is 10.2.